The molecule has 1 fully saturated rings. The predicted octanol–water partition coefficient (Wildman–Crippen LogP) is 2.32. The third-order valence-corrected chi connectivity index (χ3v) is 4.27. The molecule has 1 amide bonds. The fourth-order valence-electron chi connectivity index (χ4n) is 2.60. The summed E-state index contributed by atoms with van der Waals surface area (Å²) >= 11 is 0. The zero-order chi connectivity index (χ0) is 16.3. The van der Waals surface area contributed by atoms with Crippen LogP contribution in [0.25, 0.3) is 0 Å². The second-order valence-corrected chi connectivity index (χ2v) is 7.19. The van der Waals surface area contributed by atoms with E-state index in [4.69, 9.17) is 4.52 Å². The molecule has 1 aliphatic heterocycles. The molecule has 132 valence electrons. The van der Waals surface area contributed by atoms with E-state index in [-0.39, 0.29) is 29.8 Å². The minimum absolute atomic E-state index is 0. The maximum atomic E-state index is 12.3. The summed E-state index contributed by atoms with van der Waals surface area (Å²) < 4.78 is 5.26. The van der Waals surface area contributed by atoms with Gasteiger partial charge in [0.2, 0.25) is 11.8 Å². The third-order valence-electron chi connectivity index (χ3n) is 4.27. The van der Waals surface area contributed by atoms with Gasteiger partial charge in [0.25, 0.3) is 0 Å². The standard InChI is InChI=1S/C16H28N4O2.ClH/c1-11-12(2)20(10-9-17-11)14(21)8-6-7-13-18-15(19-22-13)16(3,4)5;/h11-12,17H,6-10H2,1-5H3;1H. The number of nitrogens with zero attached hydrogens (tertiary/aromatic N) is 3. The average Bonchev–Trinajstić information content (AvgIpc) is 2.90. The van der Waals surface area contributed by atoms with Crippen LogP contribution < -0.4 is 5.32 Å². The number of aryl methyl sites for hydroxylation is 1. The normalized spacial score (nSPS) is 21.9. The van der Waals surface area contributed by atoms with E-state index in [0.29, 0.717) is 24.8 Å². The molecule has 0 aromatic carbocycles. The number of carbonyl (C=O) groups is 1. The molecule has 1 saturated heterocycles. The third kappa shape index (κ3) is 5.18. The Morgan fingerprint density at radius 2 is 2.09 bits per heavy atom. The first-order valence-corrected chi connectivity index (χ1v) is 8.15. The lowest BCUT2D eigenvalue weighted by atomic mass is 9.96. The molecule has 1 aromatic rings. The second kappa shape index (κ2) is 8.11. The molecule has 2 atom stereocenters. The highest BCUT2D eigenvalue weighted by Crippen LogP contribution is 2.19. The minimum atomic E-state index is -0.107. The molecule has 2 rings (SSSR count). The van der Waals surface area contributed by atoms with E-state index in [0.717, 1.165) is 25.3 Å². The molecule has 1 aliphatic rings. The van der Waals surface area contributed by atoms with Gasteiger partial charge in [-0.05, 0) is 20.3 Å². The Bertz CT molecular complexity index is 512. The van der Waals surface area contributed by atoms with Crippen molar-refractivity contribution in [2.75, 3.05) is 13.1 Å². The van der Waals surface area contributed by atoms with Crippen molar-refractivity contribution in [2.45, 2.75) is 71.4 Å². The van der Waals surface area contributed by atoms with E-state index < -0.39 is 0 Å². The van der Waals surface area contributed by atoms with Crippen molar-refractivity contribution < 1.29 is 9.32 Å². The van der Waals surface area contributed by atoms with Gasteiger partial charge in [0, 0.05) is 43.4 Å². The molecule has 7 heteroatoms. The number of carbonyl (C=O) groups excluding carboxylic acids is 1. The molecule has 6 nitrogen and oxygen atoms in total. The molecule has 2 heterocycles. The molecule has 23 heavy (non-hydrogen) atoms. The fraction of sp³-hybridized carbons (Fsp3) is 0.812. The summed E-state index contributed by atoms with van der Waals surface area (Å²) in [5, 5.41) is 7.40. The lowest BCUT2D eigenvalue weighted by Gasteiger charge is -2.38. The predicted molar refractivity (Wildman–Crippen MR) is 91.8 cm³/mol. The number of rotatable bonds is 4. The molecular weight excluding hydrogens is 316 g/mol. The van der Waals surface area contributed by atoms with Gasteiger partial charge in [-0.1, -0.05) is 25.9 Å². The van der Waals surface area contributed by atoms with Gasteiger partial charge in [-0.3, -0.25) is 4.79 Å². The zero-order valence-electron chi connectivity index (χ0n) is 14.8. The second-order valence-electron chi connectivity index (χ2n) is 7.19. The van der Waals surface area contributed by atoms with Gasteiger partial charge in [0.05, 0.1) is 0 Å². The maximum absolute atomic E-state index is 12.3. The SMILES string of the molecule is CC1NCCN(C(=O)CCCc2nc(C(C)(C)C)no2)C1C.Cl. The fourth-order valence-corrected chi connectivity index (χ4v) is 2.60. The van der Waals surface area contributed by atoms with Crippen molar-refractivity contribution in [1.29, 1.82) is 0 Å². The van der Waals surface area contributed by atoms with Gasteiger partial charge < -0.3 is 14.7 Å². The molecule has 1 aromatic heterocycles. The first-order valence-electron chi connectivity index (χ1n) is 8.15. The van der Waals surface area contributed by atoms with Crippen LogP contribution in [-0.4, -0.2) is 46.1 Å². The number of aromatic nitrogens is 2. The lowest BCUT2D eigenvalue weighted by molar-refractivity contribution is -0.134. The first kappa shape index (κ1) is 19.9. The summed E-state index contributed by atoms with van der Waals surface area (Å²) in [7, 11) is 0. The average molecular weight is 345 g/mol. The Balaban J connectivity index is 0.00000264. The number of hydrogen-bond donors (Lipinski definition) is 1. The number of nitrogens with one attached hydrogen (secondary N) is 1. The smallest absolute Gasteiger partial charge is 0.226 e. The van der Waals surface area contributed by atoms with Crippen LogP contribution in [0.1, 0.15) is 59.2 Å². The van der Waals surface area contributed by atoms with E-state index in [1.165, 1.54) is 0 Å². The highest BCUT2D eigenvalue weighted by atomic mass is 35.5. The van der Waals surface area contributed by atoms with Crippen LogP contribution >= 0.6 is 12.4 Å². The quantitative estimate of drug-likeness (QED) is 0.907. The summed E-state index contributed by atoms with van der Waals surface area (Å²) in [6.07, 6.45) is 1.94. The van der Waals surface area contributed by atoms with Crippen LogP contribution in [-0.2, 0) is 16.6 Å². The molecule has 1 N–H and O–H groups in total. The highest BCUT2D eigenvalue weighted by Gasteiger charge is 2.27. The van der Waals surface area contributed by atoms with Crippen molar-refractivity contribution in [2.24, 2.45) is 0 Å². The Hall–Kier alpha value is -1.14. The van der Waals surface area contributed by atoms with E-state index in [1.807, 2.05) is 4.90 Å². The molecule has 0 aliphatic carbocycles. The van der Waals surface area contributed by atoms with E-state index in [1.54, 1.807) is 0 Å². The number of halogens is 1. The lowest BCUT2D eigenvalue weighted by Crippen LogP contribution is -2.57. The molecule has 0 spiro atoms. The molecule has 0 radical (unpaired) electrons. The Labute approximate surface area is 144 Å². The highest BCUT2D eigenvalue weighted by molar-refractivity contribution is 5.85. The minimum Gasteiger partial charge on any atom is -0.339 e. The Morgan fingerprint density at radius 1 is 1.39 bits per heavy atom. The van der Waals surface area contributed by atoms with Crippen molar-refractivity contribution in [3.8, 4) is 0 Å². The van der Waals surface area contributed by atoms with Crippen LogP contribution in [0.2, 0.25) is 0 Å². The molecule has 0 saturated carbocycles. The van der Waals surface area contributed by atoms with Crippen LogP contribution in [0, 0.1) is 0 Å². The number of hydrogen-bond acceptors (Lipinski definition) is 5. The summed E-state index contributed by atoms with van der Waals surface area (Å²) in [6.45, 7) is 12.0. The van der Waals surface area contributed by atoms with Gasteiger partial charge >= 0.3 is 0 Å². The largest absolute Gasteiger partial charge is 0.339 e. The summed E-state index contributed by atoms with van der Waals surface area (Å²) in [6, 6.07) is 0.597. The van der Waals surface area contributed by atoms with E-state index in [9.17, 15) is 4.79 Å². The van der Waals surface area contributed by atoms with Gasteiger partial charge in [0.1, 0.15) is 0 Å². The van der Waals surface area contributed by atoms with Crippen molar-refractivity contribution >= 4 is 18.3 Å². The number of piperazine rings is 1. The summed E-state index contributed by atoms with van der Waals surface area (Å²) in [4.78, 5) is 18.7. The van der Waals surface area contributed by atoms with Gasteiger partial charge in [-0.15, -0.1) is 12.4 Å². The molecule has 2 unspecified atom stereocenters. The monoisotopic (exact) mass is 344 g/mol. The number of amides is 1. The van der Waals surface area contributed by atoms with Crippen LogP contribution in [0.15, 0.2) is 4.52 Å². The Morgan fingerprint density at radius 3 is 2.70 bits per heavy atom. The van der Waals surface area contributed by atoms with Crippen LogP contribution in [0.4, 0.5) is 0 Å². The van der Waals surface area contributed by atoms with Crippen molar-refractivity contribution in [1.82, 2.24) is 20.4 Å². The van der Waals surface area contributed by atoms with Gasteiger partial charge in [0.15, 0.2) is 5.82 Å². The van der Waals surface area contributed by atoms with Crippen LogP contribution in [0.3, 0.4) is 0 Å². The topological polar surface area (TPSA) is 71.3 Å². The van der Waals surface area contributed by atoms with Crippen molar-refractivity contribution in [3.63, 3.8) is 0 Å². The first-order chi connectivity index (χ1) is 10.3. The maximum Gasteiger partial charge on any atom is 0.226 e. The summed E-state index contributed by atoms with van der Waals surface area (Å²) in [5.41, 5.74) is -0.107. The zero-order valence-corrected chi connectivity index (χ0v) is 15.6. The van der Waals surface area contributed by atoms with Crippen molar-refractivity contribution in [3.05, 3.63) is 11.7 Å². The van der Waals surface area contributed by atoms with Crippen LogP contribution in [0.5, 0.6) is 0 Å². The Kier molecular flexibility index (Phi) is 7.02. The van der Waals surface area contributed by atoms with Gasteiger partial charge in [-0.25, -0.2) is 0 Å². The van der Waals surface area contributed by atoms with E-state index in [2.05, 4.69) is 50.1 Å². The van der Waals surface area contributed by atoms with Gasteiger partial charge in [-0.2, -0.15) is 4.98 Å². The van der Waals surface area contributed by atoms with E-state index >= 15 is 0 Å². The molecule has 0 bridgehead atoms. The summed E-state index contributed by atoms with van der Waals surface area (Å²) in [5.74, 6) is 1.56. The molecular formula is C16H29ClN4O2.